The first-order valence-corrected chi connectivity index (χ1v) is 8.35. The zero-order valence-corrected chi connectivity index (χ0v) is 15.7. The maximum absolute atomic E-state index is 12.1. The Morgan fingerprint density at radius 1 is 1.42 bits per heavy atom. The highest BCUT2D eigenvalue weighted by Gasteiger charge is 2.29. The molecule has 0 saturated heterocycles. The largest absolute Gasteiger partial charge is 0.464 e. The Morgan fingerprint density at radius 2 is 2.04 bits per heavy atom. The molecule has 1 heterocycles. The van der Waals surface area contributed by atoms with Gasteiger partial charge in [-0.2, -0.15) is 4.42 Å². The molecule has 0 saturated carbocycles. The number of rotatable bonds is 5. The van der Waals surface area contributed by atoms with Crippen LogP contribution in [0.4, 0.5) is 9.93 Å². The second-order valence-corrected chi connectivity index (χ2v) is 6.86. The van der Waals surface area contributed by atoms with E-state index >= 15 is 0 Å². The van der Waals surface area contributed by atoms with Crippen molar-refractivity contribution in [2.75, 3.05) is 11.0 Å². The lowest BCUT2D eigenvalue weighted by molar-refractivity contribution is -0.146. The van der Waals surface area contributed by atoms with Crippen LogP contribution in [0.1, 0.15) is 46.4 Å². The topological polar surface area (TPSA) is 97.8 Å². The predicted octanol–water partition coefficient (Wildman–Crippen LogP) is 2.78. The van der Waals surface area contributed by atoms with Gasteiger partial charge in [-0.05, 0) is 27.7 Å². The van der Waals surface area contributed by atoms with E-state index in [4.69, 9.17) is 21.3 Å². The number of amides is 2. The Hall–Kier alpha value is -1.87. The fourth-order valence-corrected chi connectivity index (χ4v) is 2.49. The summed E-state index contributed by atoms with van der Waals surface area (Å²) in [6.45, 7) is 8.15. The minimum atomic E-state index is -1.16. The number of hydrogen-bond acceptors (Lipinski definition) is 7. The molecule has 24 heavy (non-hydrogen) atoms. The third-order valence-corrected chi connectivity index (χ3v) is 3.78. The number of alkyl carbamates (subject to hydrolysis) is 1. The first-order valence-electron chi connectivity index (χ1n) is 7.13. The van der Waals surface area contributed by atoms with Gasteiger partial charge in [-0.3, -0.25) is 4.79 Å². The molecule has 0 aliphatic heterocycles. The zero-order valence-electron chi connectivity index (χ0n) is 14.1. The number of aromatic nitrogens is 1. The molecule has 1 unspecified atom stereocenters. The summed E-state index contributed by atoms with van der Waals surface area (Å²) in [6.07, 6.45) is -0.788. The third kappa shape index (κ3) is 5.97. The van der Waals surface area contributed by atoms with E-state index in [1.54, 1.807) is 27.7 Å². The van der Waals surface area contributed by atoms with E-state index in [9.17, 15) is 14.4 Å². The van der Waals surface area contributed by atoms with Crippen molar-refractivity contribution >= 4 is 46.2 Å². The SMILES string of the molecule is CCOC(=O)C(NC(=O)OC(C)(C)C)c1csc(N(Cl)C(C)=O)n1. The number of ether oxygens (including phenoxy) is 2. The average molecular weight is 378 g/mol. The summed E-state index contributed by atoms with van der Waals surface area (Å²) in [4.78, 5) is 39.4. The third-order valence-electron chi connectivity index (χ3n) is 2.43. The van der Waals surface area contributed by atoms with Gasteiger partial charge in [-0.15, -0.1) is 11.3 Å². The van der Waals surface area contributed by atoms with Crippen LogP contribution in [-0.2, 0) is 19.1 Å². The van der Waals surface area contributed by atoms with Gasteiger partial charge in [0, 0.05) is 24.1 Å². The fourth-order valence-electron chi connectivity index (χ4n) is 1.54. The van der Waals surface area contributed by atoms with Crippen molar-refractivity contribution in [3.8, 4) is 0 Å². The fraction of sp³-hybridized carbons (Fsp3) is 0.571. The van der Waals surface area contributed by atoms with Gasteiger partial charge in [0.2, 0.25) is 11.0 Å². The molecular weight excluding hydrogens is 358 g/mol. The first kappa shape index (κ1) is 20.2. The second-order valence-electron chi connectivity index (χ2n) is 5.69. The Bertz CT molecular complexity index is 614. The van der Waals surface area contributed by atoms with Crippen LogP contribution in [0.25, 0.3) is 0 Å². The van der Waals surface area contributed by atoms with Crippen LogP contribution < -0.4 is 9.74 Å². The van der Waals surface area contributed by atoms with Crippen molar-refractivity contribution in [1.82, 2.24) is 10.3 Å². The van der Waals surface area contributed by atoms with Gasteiger partial charge >= 0.3 is 12.1 Å². The average Bonchev–Trinajstić information content (AvgIpc) is 2.91. The molecule has 0 spiro atoms. The van der Waals surface area contributed by atoms with Crippen LogP contribution >= 0.6 is 23.1 Å². The Kier molecular flexibility index (Phi) is 6.97. The molecule has 0 aliphatic carbocycles. The molecular formula is C14H20ClN3O5S. The van der Waals surface area contributed by atoms with Crippen LogP contribution in [0.15, 0.2) is 5.38 Å². The molecule has 134 valence electrons. The predicted molar refractivity (Wildman–Crippen MR) is 89.9 cm³/mol. The van der Waals surface area contributed by atoms with E-state index in [2.05, 4.69) is 10.3 Å². The summed E-state index contributed by atoms with van der Waals surface area (Å²) in [5.41, 5.74) is -0.524. The molecule has 0 bridgehead atoms. The van der Waals surface area contributed by atoms with E-state index in [0.29, 0.717) is 0 Å². The summed E-state index contributed by atoms with van der Waals surface area (Å²) in [5, 5.41) is 4.10. The van der Waals surface area contributed by atoms with Gasteiger partial charge in [0.25, 0.3) is 0 Å². The number of nitrogens with zero attached hydrogens (tertiary/aromatic N) is 2. The van der Waals surface area contributed by atoms with Gasteiger partial charge in [-0.1, -0.05) is 0 Å². The molecule has 1 N–H and O–H groups in total. The molecule has 8 nitrogen and oxygen atoms in total. The van der Waals surface area contributed by atoms with Crippen molar-refractivity contribution in [2.24, 2.45) is 0 Å². The lowest BCUT2D eigenvalue weighted by Gasteiger charge is -2.22. The molecule has 0 radical (unpaired) electrons. The van der Waals surface area contributed by atoms with Crippen LogP contribution in [0.3, 0.4) is 0 Å². The summed E-state index contributed by atoms with van der Waals surface area (Å²) >= 11 is 6.85. The van der Waals surface area contributed by atoms with Gasteiger partial charge in [0.05, 0.1) is 12.3 Å². The molecule has 10 heteroatoms. The van der Waals surface area contributed by atoms with Gasteiger partial charge in [0.1, 0.15) is 5.60 Å². The molecule has 1 rings (SSSR count). The minimum absolute atomic E-state index is 0.136. The summed E-state index contributed by atoms with van der Waals surface area (Å²) < 4.78 is 10.9. The number of halogens is 1. The van der Waals surface area contributed by atoms with Crippen LogP contribution in [0.2, 0.25) is 0 Å². The number of esters is 1. The molecule has 1 aromatic heterocycles. The quantitative estimate of drug-likeness (QED) is 0.625. The summed E-state index contributed by atoms with van der Waals surface area (Å²) in [5.74, 6) is -1.12. The minimum Gasteiger partial charge on any atom is -0.464 e. The van der Waals surface area contributed by atoms with Gasteiger partial charge in [0.15, 0.2) is 6.04 Å². The molecule has 2 amide bonds. The van der Waals surface area contributed by atoms with Crippen molar-refractivity contribution in [3.63, 3.8) is 0 Å². The zero-order chi connectivity index (χ0) is 18.5. The van der Waals surface area contributed by atoms with E-state index < -0.39 is 29.6 Å². The lowest BCUT2D eigenvalue weighted by atomic mass is 10.2. The highest BCUT2D eigenvalue weighted by molar-refractivity contribution is 7.14. The maximum atomic E-state index is 12.1. The maximum Gasteiger partial charge on any atom is 0.408 e. The molecule has 1 atom stereocenters. The Labute approximate surface area is 149 Å². The Balaban J connectivity index is 3.00. The number of anilines is 1. The van der Waals surface area contributed by atoms with Crippen LogP contribution in [0, 0.1) is 0 Å². The number of carbonyl (C=O) groups is 3. The lowest BCUT2D eigenvalue weighted by Crippen LogP contribution is -2.39. The normalized spacial score (nSPS) is 12.2. The number of carbonyl (C=O) groups excluding carboxylic acids is 3. The molecule has 0 fully saturated rings. The first-order chi connectivity index (χ1) is 11.0. The number of nitrogens with one attached hydrogen (secondary N) is 1. The highest BCUT2D eigenvalue weighted by Crippen LogP contribution is 2.26. The Morgan fingerprint density at radius 3 is 2.54 bits per heavy atom. The van der Waals surface area contributed by atoms with Crippen LogP contribution in [-0.4, -0.2) is 35.2 Å². The summed E-state index contributed by atoms with van der Waals surface area (Å²) in [7, 11) is 0. The van der Waals surface area contributed by atoms with E-state index in [-0.39, 0.29) is 17.4 Å². The van der Waals surface area contributed by atoms with E-state index in [1.807, 2.05) is 0 Å². The number of thiazole rings is 1. The van der Waals surface area contributed by atoms with Gasteiger partial charge < -0.3 is 14.8 Å². The monoisotopic (exact) mass is 377 g/mol. The standard InChI is InChI=1S/C14H20ClN3O5S/c1-6-22-11(20)10(17-13(21)23-14(3,4)5)9-7-24-12(16-9)18(15)8(2)19/h7,10H,6H2,1-5H3,(H,17,21). The van der Waals surface area contributed by atoms with Crippen molar-refractivity contribution in [1.29, 1.82) is 0 Å². The molecule has 1 aromatic rings. The van der Waals surface area contributed by atoms with Crippen molar-refractivity contribution < 1.29 is 23.9 Å². The second kappa shape index (κ2) is 8.29. The van der Waals surface area contributed by atoms with Crippen LogP contribution in [0.5, 0.6) is 0 Å². The highest BCUT2D eigenvalue weighted by atomic mass is 35.5. The van der Waals surface area contributed by atoms with Crippen molar-refractivity contribution in [2.45, 2.75) is 46.3 Å². The smallest absolute Gasteiger partial charge is 0.408 e. The van der Waals surface area contributed by atoms with E-state index in [0.717, 1.165) is 15.8 Å². The number of hydrogen-bond donors (Lipinski definition) is 1. The summed E-state index contributed by atoms with van der Waals surface area (Å²) in [6, 6.07) is -1.16. The molecule has 0 aromatic carbocycles. The van der Waals surface area contributed by atoms with Gasteiger partial charge in [-0.25, -0.2) is 14.6 Å². The molecule has 0 aliphatic rings. The van der Waals surface area contributed by atoms with Crippen molar-refractivity contribution in [3.05, 3.63) is 11.1 Å². The van der Waals surface area contributed by atoms with E-state index in [1.165, 1.54) is 12.3 Å².